The van der Waals surface area contributed by atoms with Crippen molar-refractivity contribution in [3.63, 3.8) is 0 Å². The zero-order valence-corrected chi connectivity index (χ0v) is 23.3. The van der Waals surface area contributed by atoms with Crippen LogP contribution in [0.4, 0.5) is 0 Å². The summed E-state index contributed by atoms with van der Waals surface area (Å²) in [4.78, 5) is 0. The van der Waals surface area contributed by atoms with Crippen molar-refractivity contribution in [2.75, 3.05) is 26.3 Å². The van der Waals surface area contributed by atoms with Gasteiger partial charge in [0, 0.05) is 13.1 Å². The normalized spacial score (nSPS) is 55.9. The van der Waals surface area contributed by atoms with E-state index < -0.39 is 136 Å². The van der Waals surface area contributed by atoms with Crippen molar-refractivity contribution in [2.45, 2.75) is 123 Å². The first-order valence-corrected chi connectivity index (χ1v) is 14.2. The van der Waals surface area contributed by atoms with E-state index in [1.165, 1.54) is 0 Å². The quantitative estimate of drug-likeness (QED) is 0.132. The molecule has 20 unspecified atom stereocenters. The van der Waals surface area contributed by atoms with Gasteiger partial charge in [-0.2, -0.15) is 0 Å². The molecule has 5 aliphatic heterocycles. The molecular weight excluding hydrogens is 604 g/mol. The second-order valence-corrected chi connectivity index (χ2v) is 11.4. The number of aliphatic hydroxyl groups excluding tert-OH is 10. The number of hydrogen-bond acceptors (Lipinski definition) is 20. The molecule has 5 rings (SSSR count). The minimum Gasteiger partial charge on any atom is -0.388 e. The summed E-state index contributed by atoms with van der Waals surface area (Å²) in [6.45, 7) is -1.81. The van der Waals surface area contributed by atoms with Gasteiger partial charge in [0.1, 0.15) is 97.7 Å². The van der Waals surface area contributed by atoms with Gasteiger partial charge in [0.15, 0.2) is 25.2 Å². The van der Waals surface area contributed by atoms with E-state index in [0.717, 1.165) is 0 Å². The molecule has 44 heavy (non-hydrogen) atoms. The van der Waals surface area contributed by atoms with Crippen molar-refractivity contribution in [1.29, 1.82) is 0 Å². The van der Waals surface area contributed by atoms with Crippen LogP contribution in [-0.2, 0) is 37.9 Å². The van der Waals surface area contributed by atoms with Crippen LogP contribution in [0.5, 0.6) is 0 Å². The smallest absolute Gasteiger partial charge is 0.187 e. The Kier molecular flexibility index (Phi) is 11.1. The Morgan fingerprint density at radius 3 is 1.09 bits per heavy atom. The van der Waals surface area contributed by atoms with Gasteiger partial charge in [-0.3, -0.25) is 0 Å². The third kappa shape index (κ3) is 6.50. The Bertz CT molecular complexity index is 870. The van der Waals surface area contributed by atoms with Gasteiger partial charge < -0.3 is 100 Å². The Balaban J connectivity index is 1.47. The molecule has 20 nitrogen and oxygen atoms in total. The van der Waals surface area contributed by atoms with Gasteiger partial charge in [-0.1, -0.05) is 0 Å². The van der Waals surface area contributed by atoms with Gasteiger partial charge in [-0.25, -0.2) is 0 Å². The predicted molar refractivity (Wildman–Crippen MR) is 134 cm³/mol. The maximum Gasteiger partial charge on any atom is 0.187 e. The summed E-state index contributed by atoms with van der Waals surface area (Å²) in [5, 5.41) is 107. The van der Waals surface area contributed by atoms with Crippen LogP contribution >= 0.6 is 0 Å². The summed E-state index contributed by atoms with van der Waals surface area (Å²) in [7, 11) is 0. The van der Waals surface area contributed by atoms with Crippen LogP contribution in [0.25, 0.3) is 0 Å². The fourth-order valence-corrected chi connectivity index (χ4v) is 5.81. The molecule has 0 aliphatic carbocycles. The fraction of sp³-hybridized carbons (Fsp3) is 1.00. The predicted octanol–water partition coefficient (Wildman–Crippen LogP) is -8.77. The van der Waals surface area contributed by atoms with E-state index in [1.807, 2.05) is 0 Å². The topological polar surface area (TPSA) is 328 Å². The van der Waals surface area contributed by atoms with Gasteiger partial charge in [-0.05, 0) is 0 Å². The first-order chi connectivity index (χ1) is 20.9. The third-order valence-corrected chi connectivity index (χ3v) is 8.52. The molecule has 5 aliphatic rings. The molecular formula is C24H42N2O18. The maximum atomic E-state index is 11.0. The highest BCUT2D eigenvalue weighted by Crippen LogP contribution is 2.33. The van der Waals surface area contributed by atoms with Crippen LogP contribution in [0, 0.1) is 0 Å². The number of hydrogen-bond donors (Lipinski definition) is 12. The second kappa shape index (κ2) is 14.1. The van der Waals surface area contributed by atoms with Gasteiger partial charge in [0.05, 0.1) is 13.2 Å². The molecule has 0 aromatic carbocycles. The molecule has 256 valence electrons. The Labute approximate surface area is 250 Å². The van der Waals surface area contributed by atoms with E-state index in [0.29, 0.717) is 0 Å². The average molecular weight is 647 g/mol. The standard InChI is InChI=1S/C24H42N2O18/c25-1-5-11(29)19-17(35)21(39-5)37-3-7-9(27)14(32)16(34)24(42-7)44-20-12(30)6(2-26)40-22(18(20)36)38-4-8-10(28)13(31)15(33)23(41-8)43-19/h5-24,27-36H,1-4,25-26H2. The van der Waals surface area contributed by atoms with Crippen molar-refractivity contribution in [3.8, 4) is 0 Å². The van der Waals surface area contributed by atoms with Gasteiger partial charge in [-0.15, -0.1) is 0 Å². The number of ether oxygens (including phenoxy) is 8. The molecule has 5 heterocycles. The summed E-state index contributed by atoms with van der Waals surface area (Å²) < 4.78 is 45.0. The molecule has 5 saturated heterocycles. The zero-order chi connectivity index (χ0) is 32.0. The van der Waals surface area contributed by atoms with Gasteiger partial charge in [0.25, 0.3) is 0 Å². The van der Waals surface area contributed by atoms with Crippen LogP contribution in [0.3, 0.4) is 0 Å². The van der Waals surface area contributed by atoms with Crippen molar-refractivity contribution in [1.82, 2.24) is 0 Å². The fourth-order valence-electron chi connectivity index (χ4n) is 5.81. The molecule has 0 aromatic heterocycles. The minimum atomic E-state index is -1.88. The average Bonchev–Trinajstić information content (AvgIpc) is 3.01. The first-order valence-electron chi connectivity index (χ1n) is 14.2. The lowest BCUT2D eigenvalue weighted by atomic mass is 9.96. The molecule has 20 heteroatoms. The molecule has 0 radical (unpaired) electrons. The largest absolute Gasteiger partial charge is 0.388 e. The van der Waals surface area contributed by atoms with E-state index >= 15 is 0 Å². The first kappa shape index (κ1) is 34.5. The van der Waals surface area contributed by atoms with E-state index in [-0.39, 0.29) is 13.1 Å². The molecule has 0 saturated carbocycles. The number of rotatable bonds is 2. The molecule has 0 aromatic rings. The molecule has 0 amide bonds. The maximum absolute atomic E-state index is 11.0. The Hall–Kier alpha value is -0.800. The van der Waals surface area contributed by atoms with Crippen molar-refractivity contribution < 1.29 is 89.0 Å². The van der Waals surface area contributed by atoms with E-state index in [4.69, 9.17) is 49.4 Å². The highest BCUT2D eigenvalue weighted by Gasteiger charge is 2.54. The molecule has 14 N–H and O–H groups in total. The molecule has 0 spiro atoms. The lowest BCUT2D eigenvalue weighted by Crippen LogP contribution is -2.67. The van der Waals surface area contributed by atoms with Crippen LogP contribution in [-0.4, -0.2) is 200 Å². The molecule has 8 bridgehead atoms. The highest BCUT2D eigenvalue weighted by molar-refractivity contribution is 4.97. The Morgan fingerprint density at radius 2 is 0.750 bits per heavy atom. The summed E-state index contributed by atoms with van der Waals surface area (Å²) in [6.07, 6.45) is -33.0. The number of fused-ring (bicyclic) bond motifs is 8. The summed E-state index contributed by atoms with van der Waals surface area (Å²) >= 11 is 0. The highest BCUT2D eigenvalue weighted by atomic mass is 16.8. The van der Waals surface area contributed by atoms with E-state index in [2.05, 4.69) is 0 Å². The van der Waals surface area contributed by atoms with E-state index in [1.54, 1.807) is 0 Å². The summed E-state index contributed by atoms with van der Waals surface area (Å²) in [6, 6.07) is 0. The molecule has 20 atom stereocenters. The lowest BCUT2D eigenvalue weighted by Gasteiger charge is -2.48. The van der Waals surface area contributed by atoms with Crippen LogP contribution in [0.2, 0.25) is 0 Å². The van der Waals surface area contributed by atoms with Crippen molar-refractivity contribution >= 4 is 0 Å². The van der Waals surface area contributed by atoms with E-state index in [9.17, 15) is 51.1 Å². The van der Waals surface area contributed by atoms with Crippen LogP contribution in [0.1, 0.15) is 0 Å². The third-order valence-electron chi connectivity index (χ3n) is 8.52. The van der Waals surface area contributed by atoms with Crippen LogP contribution in [0.15, 0.2) is 0 Å². The van der Waals surface area contributed by atoms with Crippen LogP contribution < -0.4 is 11.5 Å². The molecule has 5 fully saturated rings. The zero-order valence-electron chi connectivity index (χ0n) is 23.3. The number of aliphatic hydroxyl groups is 10. The summed E-state index contributed by atoms with van der Waals surface area (Å²) in [5.74, 6) is 0. The Morgan fingerprint density at radius 1 is 0.386 bits per heavy atom. The van der Waals surface area contributed by atoms with Gasteiger partial charge in [0.2, 0.25) is 0 Å². The van der Waals surface area contributed by atoms with Crippen molar-refractivity contribution in [2.24, 2.45) is 11.5 Å². The minimum absolute atomic E-state index is 0.292. The van der Waals surface area contributed by atoms with Crippen molar-refractivity contribution in [3.05, 3.63) is 0 Å². The summed E-state index contributed by atoms with van der Waals surface area (Å²) in [5.41, 5.74) is 11.4. The monoisotopic (exact) mass is 646 g/mol. The SMILES string of the molecule is NCC1OC2OCC3OC(OC4C(O)C(CN)OC(OCC5OC(OC(C1O)C2O)C(O)C(O)C5O)C4O)C(O)C(O)C3O. The second-order valence-electron chi connectivity index (χ2n) is 11.4. The number of nitrogens with two attached hydrogens (primary N) is 2. The van der Waals surface area contributed by atoms with Gasteiger partial charge >= 0.3 is 0 Å². The lowest BCUT2D eigenvalue weighted by molar-refractivity contribution is -0.381.